The van der Waals surface area contributed by atoms with Crippen LogP contribution in [-0.2, 0) is 11.0 Å². The minimum Gasteiger partial charge on any atom is -0.422 e. The lowest BCUT2D eigenvalue weighted by Crippen LogP contribution is -2.18. The number of alkyl halides is 3. The Bertz CT molecular complexity index is 1310. The van der Waals surface area contributed by atoms with Gasteiger partial charge in [-0.05, 0) is 60.7 Å². The number of rotatable bonds is 7. The molecule has 0 saturated carbocycles. The van der Waals surface area contributed by atoms with E-state index in [9.17, 15) is 27.6 Å². The van der Waals surface area contributed by atoms with Gasteiger partial charge in [0.05, 0.1) is 17.3 Å². The van der Waals surface area contributed by atoms with E-state index in [4.69, 9.17) is 16.3 Å². The summed E-state index contributed by atoms with van der Waals surface area (Å²) in [6.45, 7) is 1.72. The van der Waals surface area contributed by atoms with Crippen LogP contribution in [0.3, 0.4) is 0 Å². The predicted molar refractivity (Wildman–Crippen MR) is 128 cm³/mol. The average Bonchev–Trinajstić information content (AvgIpc) is 2.85. The van der Waals surface area contributed by atoms with Gasteiger partial charge in [0.1, 0.15) is 5.75 Å². The maximum Gasteiger partial charge on any atom is 0.416 e. The van der Waals surface area contributed by atoms with E-state index in [2.05, 4.69) is 15.8 Å². The third kappa shape index (κ3) is 7.16. The van der Waals surface area contributed by atoms with Crippen LogP contribution in [0.4, 0.5) is 18.9 Å². The Morgan fingerprint density at radius 3 is 2.39 bits per heavy atom. The summed E-state index contributed by atoms with van der Waals surface area (Å²) >= 11 is 6.00. The summed E-state index contributed by atoms with van der Waals surface area (Å²) in [7, 11) is 0. The molecule has 0 aliphatic rings. The Labute approximate surface area is 208 Å². The van der Waals surface area contributed by atoms with Crippen molar-refractivity contribution < 1.29 is 32.3 Å². The van der Waals surface area contributed by atoms with Crippen molar-refractivity contribution in [2.75, 3.05) is 5.32 Å². The van der Waals surface area contributed by atoms with Gasteiger partial charge in [0.2, 0.25) is 5.91 Å². The molecule has 3 rings (SSSR count). The van der Waals surface area contributed by atoms with E-state index in [1.54, 1.807) is 19.1 Å². The first kappa shape index (κ1) is 26.4. The van der Waals surface area contributed by atoms with Gasteiger partial charge in [0, 0.05) is 28.3 Å². The number of ether oxygens (including phenoxy) is 1. The van der Waals surface area contributed by atoms with Gasteiger partial charge in [-0.2, -0.15) is 18.3 Å². The first-order chi connectivity index (χ1) is 17.1. The number of nitrogens with zero attached hydrogens (tertiary/aromatic N) is 1. The molecule has 11 heteroatoms. The molecule has 0 fully saturated rings. The number of hydrazone groups is 1. The van der Waals surface area contributed by atoms with Crippen molar-refractivity contribution in [2.45, 2.75) is 19.5 Å². The summed E-state index contributed by atoms with van der Waals surface area (Å²) in [5.74, 6) is -1.76. The molecular formula is C25H19ClF3N3O4. The van der Waals surface area contributed by atoms with Crippen molar-refractivity contribution in [1.29, 1.82) is 0 Å². The second-order valence-electron chi connectivity index (χ2n) is 7.33. The summed E-state index contributed by atoms with van der Waals surface area (Å²) in [5.41, 5.74) is 2.02. The summed E-state index contributed by atoms with van der Waals surface area (Å²) < 4.78 is 44.1. The molecule has 7 nitrogen and oxygen atoms in total. The van der Waals surface area contributed by atoms with Crippen molar-refractivity contribution >= 4 is 41.3 Å². The van der Waals surface area contributed by atoms with Crippen molar-refractivity contribution in [3.8, 4) is 5.75 Å². The maximum atomic E-state index is 12.9. The molecule has 0 unspecified atom stereocenters. The van der Waals surface area contributed by atoms with E-state index in [1.165, 1.54) is 42.6 Å². The van der Waals surface area contributed by atoms with Gasteiger partial charge in [0.25, 0.3) is 5.91 Å². The molecule has 2 N–H and O–H groups in total. The smallest absolute Gasteiger partial charge is 0.416 e. The zero-order chi connectivity index (χ0) is 26.3. The number of amides is 2. The Balaban J connectivity index is 1.70. The van der Waals surface area contributed by atoms with Gasteiger partial charge in [-0.3, -0.25) is 9.59 Å². The molecule has 0 radical (unpaired) electrons. The lowest BCUT2D eigenvalue weighted by molar-refractivity contribution is -0.137. The number of esters is 1. The summed E-state index contributed by atoms with van der Waals surface area (Å²) in [5, 5.41) is 6.77. The Morgan fingerprint density at radius 2 is 1.72 bits per heavy atom. The lowest BCUT2D eigenvalue weighted by Gasteiger charge is -2.10. The maximum absolute atomic E-state index is 12.9. The van der Waals surface area contributed by atoms with Crippen LogP contribution >= 0.6 is 11.6 Å². The van der Waals surface area contributed by atoms with Crippen LogP contribution in [0, 0.1) is 0 Å². The minimum absolute atomic E-state index is 0.0316. The molecule has 0 spiro atoms. The highest BCUT2D eigenvalue weighted by Crippen LogP contribution is 2.30. The van der Waals surface area contributed by atoms with Crippen molar-refractivity contribution in [3.05, 3.63) is 94.0 Å². The average molecular weight is 518 g/mol. The molecule has 0 aliphatic carbocycles. The van der Waals surface area contributed by atoms with Crippen LogP contribution in [0.5, 0.6) is 5.75 Å². The van der Waals surface area contributed by atoms with Crippen LogP contribution in [-0.4, -0.2) is 24.0 Å². The lowest BCUT2D eigenvalue weighted by atomic mass is 10.1. The van der Waals surface area contributed by atoms with Gasteiger partial charge in [0.15, 0.2) is 0 Å². The Kier molecular flexibility index (Phi) is 8.44. The first-order valence-corrected chi connectivity index (χ1v) is 10.9. The summed E-state index contributed by atoms with van der Waals surface area (Å²) in [6.07, 6.45) is -3.12. The molecular weight excluding hydrogens is 499 g/mol. The van der Waals surface area contributed by atoms with E-state index >= 15 is 0 Å². The first-order valence-electron chi connectivity index (χ1n) is 10.5. The van der Waals surface area contributed by atoms with E-state index in [-0.39, 0.29) is 33.4 Å². The normalized spacial score (nSPS) is 11.2. The summed E-state index contributed by atoms with van der Waals surface area (Å²) in [4.78, 5) is 36.2. The van der Waals surface area contributed by atoms with Crippen LogP contribution in [0.15, 0.2) is 71.8 Å². The second kappa shape index (κ2) is 11.5. The van der Waals surface area contributed by atoms with Gasteiger partial charge < -0.3 is 10.1 Å². The molecule has 36 heavy (non-hydrogen) atoms. The molecule has 186 valence electrons. The minimum atomic E-state index is -4.61. The molecule has 3 aromatic carbocycles. The number of hydrogen-bond acceptors (Lipinski definition) is 5. The van der Waals surface area contributed by atoms with Gasteiger partial charge in [-0.25, -0.2) is 10.2 Å². The van der Waals surface area contributed by atoms with Crippen LogP contribution in [0.2, 0.25) is 5.02 Å². The zero-order valence-corrected chi connectivity index (χ0v) is 19.5. The molecule has 3 aromatic rings. The largest absolute Gasteiger partial charge is 0.422 e. The number of carbonyl (C=O) groups is 3. The van der Waals surface area contributed by atoms with E-state index < -0.39 is 23.6 Å². The van der Waals surface area contributed by atoms with E-state index in [0.717, 1.165) is 12.1 Å². The molecule has 0 heterocycles. The fraction of sp³-hybridized carbons (Fsp3) is 0.120. The molecule has 0 saturated heterocycles. The fourth-order valence-corrected chi connectivity index (χ4v) is 3.05. The monoisotopic (exact) mass is 517 g/mol. The number of anilines is 1. The molecule has 0 aliphatic heterocycles. The number of halogens is 4. The quantitative estimate of drug-likeness (QED) is 0.182. The van der Waals surface area contributed by atoms with Crippen molar-refractivity contribution in [1.82, 2.24) is 5.43 Å². The molecule has 0 bridgehead atoms. The highest BCUT2D eigenvalue weighted by Gasteiger charge is 2.31. The summed E-state index contributed by atoms with van der Waals surface area (Å²) in [6, 6.07) is 14.1. The molecule has 0 aromatic heterocycles. The van der Waals surface area contributed by atoms with Crippen LogP contribution < -0.4 is 15.5 Å². The van der Waals surface area contributed by atoms with Crippen molar-refractivity contribution in [2.24, 2.45) is 5.10 Å². The third-order valence-electron chi connectivity index (χ3n) is 4.72. The Morgan fingerprint density at radius 1 is 1.00 bits per heavy atom. The van der Waals surface area contributed by atoms with Crippen LogP contribution in [0.25, 0.3) is 0 Å². The van der Waals surface area contributed by atoms with Gasteiger partial charge >= 0.3 is 12.1 Å². The highest BCUT2D eigenvalue weighted by molar-refractivity contribution is 6.31. The molecule has 0 atom stereocenters. The standard InChI is InChI=1S/C25H19ClF3N3O4/c1-2-22(33)31-20-9-6-15(7-10-20)23(34)32-30-14-17-13-19(26)8-11-21(17)36-24(35)16-4-3-5-18(12-16)25(27,28)29/h3-14H,2H2,1H3,(H,31,33)(H,32,34)/b30-14+. The number of nitrogens with one attached hydrogen (secondary N) is 2. The van der Waals surface area contributed by atoms with Crippen molar-refractivity contribution in [3.63, 3.8) is 0 Å². The third-order valence-corrected chi connectivity index (χ3v) is 4.96. The van der Waals surface area contributed by atoms with E-state index in [0.29, 0.717) is 18.2 Å². The number of benzene rings is 3. The van der Waals surface area contributed by atoms with Gasteiger partial charge in [-0.15, -0.1) is 0 Å². The topological polar surface area (TPSA) is 96.9 Å². The Hall–Kier alpha value is -4.18. The number of carbonyl (C=O) groups excluding carboxylic acids is 3. The SMILES string of the molecule is CCC(=O)Nc1ccc(C(=O)N/N=C/c2cc(Cl)ccc2OC(=O)c2cccc(C(F)(F)F)c2)cc1. The zero-order valence-electron chi connectivity index (χ0n) is 18.7. The predicted octanol–water partition coefficient (Wildman–Crippen LogP) is 5.69. The fourth-order valence-electron chi connectivity index (χ4n) is 2.87. The molecule has 2 amide bonds. The highest BCUT2D eigenvalue weighted by atomic mass is 35.5. The van der Waals surface area contributed by atoms with Gasteiger partial charge in [-0.1, -0.05) is 24.6 Å². The van der Waals surface area contributed by atoms with E-state index in [1.807, 2.05) is 0 Å². The van der Waals surface area contributed by atoms with Crippen LogP contribution in [0.1, 0.15) is 45.2 Å². The second-order valence-corrected chi connectivity index (χ2v) is 7.76. The number of hydrogen-bond donors (Lipinski definition) is 2.